The third-order valence-electron chi connectivity index (χ3n) is 2.20. The minimum Gasteiger partial charge on any atom is -0.413 e. The standard InChI is InChI=1S/C9H16ClN3O5S2/c1-19(14,15)9-13-12-8(18-9)4-2-6-11-20(16,17)7-3-5-10/h11H,2-7H2,1H3. The van der Waals surface area contributed by atoms with Crippen LogP contribution in [-0.4, -0.2) is 51.5 Å². The van der Waals surface area contributed by atoms with Gasteiger partial charge in [0.2, 0.25) is 25.8 Å². The smallest absolute Gasteiger partial charge is 0.335 e. The van der Waals surface area contributed by atoms with Crippen molar-refractivity contribution in [2.45, 2.75) is 24.5 Å². The van der Waals surface area contributed by atoms with E-state index >= 15 is 0 Å². The molecule has 0 saturated heterocycles. The maximum Gasteiger partial charge on any atom is 0.335 e. The molecule has 1 rings (SSSR count). The molecule has 0 aliphatic carbocycles. The lowest BCUT2D eigenvalue weighted by Crippen LogP contribution is -2.27. The Labute approximate surface area is 122 Å². The summed E-state index contributed by atoms with van der Waals surface area (Å²) in [6.07, 6.45) is 2.07. The molecule has 1 aromatic rings. The van der Waals surface area contributed by atoms with Crippen LogP contribution in [0.1, 0.15) is 18.7 Å². The van der Waals surface area contributed by atoms with Crippen LogP contribution in [0, 0.1) is 0 Å². The number of hydrogen-bond donors (Lipinski definition) is 1. The highest BCUT2D eigenvalue weighted by Gasteiger charge is 2.16. The van der Waals surface area contributed by atoms with E-state index in [1.54, 1.807) is 0 Å². The van der Waals surface area contributed by atoms with E-state index in [1.165, 1.54) is 0 Å². The molecule has 1 N–H and O–H groups in total. The van der Waals surface area contributed by atoms with Crippen LogP contribution in [0.15, 0.2) is 9.64 Å². The van der Waals surface area contributed by atoms with Crippen molar-refractivity contribution in [3.8, 4) is 0 Å². The van der Waals surface area contributed by atoms with E-state index in [1.807, 2.05) is 0 Å². The molecule has 0 radical (unpaired) electrons. The number of aromatic nitrogens is 2. The van der Waals surface area contributed by atoms with Gasteiger partial charge in [0, 0.05) is 25.1 Å². The van der Waals surface area contributed by atoms with Crippen LogP contribution >= 0.6 is 11.6 Å². The Kier molecular flexibility index (Phi) is 6.37. The fourth-order valence-electron chi connectivity index (χ4n) is 1.27. The van der Waals surface area contributed by atoms with E-state index in [-0.39, 0.29) is 24.1 Å². The zero-order valence-corrected chi connectivity index (χ0v) is 13.3. The molecule has 0 fully saturated rings. The molecule has 0 bridgehead atoms. The van der Waals surface area contributed by atoms with Gasteiger partial charge in [0.15, 0.2) is 0 Å². The maximum absolute atomic E-state index is 11.4. The first-order chi connectivity index (χ1) is 9.24. The lowest BCUT2D eigenvalue weighted by Gasteiger charge is -2.04. The van der Waals surface area contributed by atoms with Gasteiger partial charge in [-0.3, -0.25) is 0 Å². The lowest BCUT2D eigenvalue weighted by atomic mass is 10.3. The van der Waals surface area contributed by atoms with Crippen molar-refractivity contribution >= 4 is 31.5 Å². The van der Waals surface area contributed by atoms with Crippen LogP contribution < -0.4 is 4.72 Å². The Balaban J connectivity index is 2.37. The minimum atomic E-state index is -3.51. The predicted octanol–water partition coefficient (Wildman–Crippen LogP) is -0.0460. The zero-order chi connectivity index (χ0) is 15.2. The van der Waals surface area contributed by atoms with E-state index < -0.39 is 25.1 Å². The van der Waals surface area contributed by atoms with Crippen molar-refractivity contribution in [3.63, 3.8) is 0 Å². The third kappa shape index (κ3) is 6.16. The summed E-state index contributed by atoms with van der Waals surface area (Å²) in [5.41, 5.74) is 0. The number of rotatable bonds is 9. The second-order valence-electron chi connectivity index (χ2n) is 4.09. The molecule has 1 heterocycles. The Bertz CT molecular complexity index is 626. The van der Waals surface area contributed by atoms with Gasteiger partial charge in [0.1, 0.15) is 0 Å². The molecule has 0 spiro atoms. The first kappa shape index (κ1) is 17.3. The van der Waals surface area contributed by atoms with Gasteiger partial charge in [-0.1, -0.05) is 5.10 Å². The second kappa shape index (κ2) is 7.34. The van der Waals surface area contributed by atoms with Gasteiger partial charge in [-0.15, -0.1) is 16.7 Å². The molecule has 0 aromatic carbocycles. The number of aryl methyl sites for hydroxylation is 1. The number of sulfonamides is 1. The number of nitrogens with one attached hydrogen (secondary N) is 1. The summed E-state index contributed by atoms with van der Waals surface area (Å²) in [6, 6.07) is 0. The Hall–Kier alpha value is -0.710. The van der Waals surface area contributed by atoms with Crippen LogP contribution in [0.5, 0.6) is 0 Å². The minimum absolute atomic E-state index is 0.0186. The molecular weight excluding hydrogens is 330 g/mol. The predicted molar refractivity (Wildman–Crippen MR) is 72.9 cm³/mol. The van der Waals surface area contributed by atoms with Crippen LogP contribution in [-0.2, 0) is 26.3 Å². The van der Waals surface area contributed by atoms with Crippen molar-refractivity contribution in [2.24, 2.45) is 0 Å². The van der Waals surface area contributed by atoms with Gasteiger partial charge in [-0.05, 0) is 12.8 Å². The molecule has 0 aliphatic rings. The van der Waals surface area contributed by atoms with Crippen molar-refractivity contribution in [1.29, 1.82) is 0 Å². The van der Waals surface area contributed by atoms with E-state index in [2.05, 4.69) is 14.9 Å². The molecule has 0 aliphatic heterocycles. The Morgan fingerprint density at radius 3 is 2.45 bits per heavy atom. The van der Waals surface area contributed by atoms with Gasteiger partial charge < -0.3 is 4.42 Å². The normalized spacial score (nSPS) is 12.7. The van der Waals surface area contributed by atoms with Crippen LogP contribution in [0.4, 0.5) is 0 Å². The van der Waals surface area contributed by atoms with Crippen LogP contribution in [0.25, 0.3) is 0 Å². The number of sulfone groups is 1. The first-order valence-corrected chi connectivity index (χ1v) is 9.88. The van der Waals surface area contributed by atoms with Gasteiger partial charge >= 0.3 is 5.22 Å². The van der Waals surface area contributed by atoms with E-state index in [4.69, 9.17) is 16.0 Å². The highest BCUT2D eigenvalue weighted by molar-refractivity contribution is 7.90. The summed E-state index contributed by atoms with van der Waals surface area (Å²) >= 11 is 5.42. The second-order valence-corrected chi connectivity index (χ2v) is 8.29. The highest BCUT2D eigenvalue weighted by Crippen LogP contribution is 2.08. The zero-order valence-electron chi connectivity index (χ0n) is 10.9. The Morgan fingerprint density at radius 1 is 1.20 bits per heavy atom. The van der Waals surface area contributed by atoms with E-state index in [0.717, 1.165) is 6.26 Å². The largest absolute Gasteiger partial charge is 0.413 e. The molecule has 20 heavy (non-hydrogen) atoms. The molecule has 1 aromatic heterocycles. The van der Waals surface area contributed by atoms with Gasteiger partial charge in [0.05, 0.1) is 5.75 Å². The number of halogens is 1. The molecular formula is C9H16ClN3O5S2. The molecule has 116 valence electrons. The van der Waals surface area contributed by atoms with Gasteiger partial charge in [-0.2, -0.15) is 0 Å². The van der Waals surface area contributed by atoms with Crippen molar-refractivity contribution < 1.29 is 21.3 Å². The molecule has 8 nitrogen and oxygen atoms in total. The molecule has 11 heteroatoms. The number of alkyl halides is 1. The average Bonchev–Trinajstić information content (AvgIpc) is 2.81. The maximum atomic E-state index is 11.4. The quantitative estimate of drug-likeness (QED) is 0.492. The van der Waals surface area contributed by atoms with Gasteiger partial charge in [-0.25, -0.2) is 21.6 Å². The van der Waals surface area contributed by atoms with E-state index in [9.17, 15) is 16.8 Å². The summed E-state index contributed by atoms with van der Waals surface area (Å²) in [7, 11) is -6.82. The number of hydrogen-bond acceptors (Lipinski definition) is 7. The van der Waals surface area contributed by atoms with Gasteiger partial charge in [0.25, 0.3) is 0 Å². The summed E-state index contributed by atoms with van der Waals surface area (Å²) < 4.78 is 52.4. The fourth-order valence-corrected chi connectivity index (χ4v) is 3.13. The molecule has 0 saturated carbocycles. The summed E-state index contributed by atoms with van der Waals surface area (Å²) in [6.45, 7) is 0.210. The van der Waals surface area contributed by atoms with Crippen molar-refractivity contribution in [3.05, 3.63) is 5.89 Å². The Morgan fingerprint density at radius 2 is 1.90 bits per heavy atom. The topological polar surface area (TPSA) is 119 Å². The molecule has 0 unspecified atom stereocenters. The number of nitrogens with zero attached hydrogens (tertiary/aromatic N) is 2. The molecule has 0 amide bonds. The monoisotopic (exact) mass is 345 g/mol. The SMILES string of the molecule is CS(=O)(=O)c1nnc(CCCNS(=O)(=O)CCCCl)o1. The first-order valence-electron chi connectivity index (χ1n) is 5.80. The lowest BCUT2D eigenvalue weighted by molar-refractivity contribution is 0.394. The third-order valence-corrected chi connectivity index (χ3v) is 4.74. The van der Waals surface area contributed by atoms with Crippen molar-refractivity contribution in [2.75, 3.05) is 24.4 Å². The molecule has 0 atom stereocenters. The summed E-state index contributed by atoms with van der Waals surface area (Å²) in [5.74, 6) is 0.428. The average molecular weight is 346 g/mol. The summed E-state index contributed by atoms with van der Waals surface area (Å²) in [4.78, 5) is 0. The van der Waals surface area contributed by atoms with Crippen LogP contribution in [0.3, 0.4) is 0 Å². The van der Waals surface area contributed by atoms with Crippen LogP contribution in [0.2, 0.25) is 0 Å². The van der Waals surface area contributed by atoms with E-state index in [0.29, 0.717) is 19.3 Å². The fraction of sp³-hybridized carbons (Fsp3) is 0.778. The summed E-state index contributed by atoms with van der Waals surface area (Å²) in [5, 5.41) is 6.54. The van der Waals surface area contributed by atoms with Crippen molar-refractivity contribution in [1.82, 2.24) is 14.9 Å². The highest BCUT2D eigenvalue weighted by atomic mass is 35.5.